The summed E-state index contributed by atoms with van der Waals surface area (Å²) in [6.07, 6.45) is 1.35. The Morgan fingerprint density at radius 3 is 2.28 bits per heavy atom. The molecule has 0 fully saturated rings. The van der Waals surface area contributed by atoms with Crippen LogP contribution in [0.1, 0.15) is 51.7 Å². The van der Waals surface area contributed by atoms with E-state index in [0.29, 0.717) is 21.8 Å². The van der Waals surface area contributed by atoms with Crippen molar-refractivity contribution in [3.8, 4) is 0 Å². The molecule has 1 atom stereocenters. The fourth-order valence-corrected chi connectivity index (χ4v) is 4.88. The zero-order chi connectivity index (χ0) is 27.3. The molecule has 2 aromatic carbocycles. The minimum atomic E-state index is -3.63. The van der Waals surface area contributed by atoms with E-state index in [4.69, 9.17) is 11.6 Å². The van der Waals surface area contributed by atoms with Gasteiger partial charge in [-0.15, -0.1) is 0 Å². The Labute approximate surface area is 218 Å². The molecule has 2 amide bonds. The lowest BCUT2D eigenvalue weighted by Gasteiger charge is -2.32. The molecular weight excluding hydrogens is 505 g/mol. The number of nitrogens with zero attached hydrogens (tertiary/aromatic N) is 2. The van der Waals surface area contributed by atoms with Gasteiger partial charge in [-0.25, -0.2) is 12.8 Å². The maximum absolute atomic E-state index is 13.4. The number of carbonyl (C=O) groups excluding carboxylic acids is 2. The van der Waals surface area contributed by atoms with Gasteiger partial charge in [0.15, 0.2) is 0 Å². The second-order valence-electron chi connectivity index (χ2n) is 9.89. The number of hydrogen-bond donors (Lipinski definition) is 1. The summed E-state index contributed by atoms with van der Waals surface area (Å²) in [6, 6.07) is 9.97. The number of anilines is 1. The fraction of sp³-hybridized carbons (Fsp3) is 0.462. The highest BCUT2D eigenvalue weighted by Crippen LogP contribution is 2.28. The molecule has 0 saturated heterocycles. The summed E-state index contributed by atoms with van der Waals surface area (Å²) in [5.74, 6) is -1.02. The molecule has 0 saturated carbocycles. The van der Waals surface area contributed by atoms with E-state index >= 15 is 0 Å². The van der Waals surface area contributed by atoms with Crippen LogP contribution in [0.2, 0.25) is 5.02 Å². The number of nitrogens with one attached hydrogen (secondary N) is 1. The van der Waals surface area contributed by atoms with Crippen LogP contribution in [0.5, 0.6) is 0 Å². The van der Waals surface area contributed by atoms with Gasteiger partial charge >= 0.3 is 0 Å². The number of carbonyl (C=O) groups is 2. The van der Waals surface area contributed by atoms with E-state index in [1.54, 1.807) is 44.2 Å². The molecule has 1 N–H and O–H groups in total. The summed E-state index contributed by atoms with van der Waals surface area (Å²) < 4.78 is 39.6. The van der Waals surface area contributed by atoms with Gasteiger partial charge in [0.2, 0.25) is 21.8 Å². The van der Waals surface area contributed by atoms with Gasteiger partial charge in [-0.05, 0) is 76.4 Å². The SMILES string of the molecule is Cc1c(Cl)cccc1N(CCCC(=O)N(Cc1ccc(F)cc1)C(C)C(=O)NC(C)(C)C)S(C)(=O)=O. The lowest BCUT2D eigenvalue weighted by Crippen LogP contribution is -2.52. The van der Waals surface area contributed by atoms with E-state index in [0.717, 1.165) is 6.26 Å². The minimum absolute atomic E-state index is 0.0139. The van der Waals surface area contributed by atoms with Crippen molar-refractivity contribution in [1.29, 1.82) is 0 Å². The Bertz CT molecular complexity index is 1180. The van der Waals surface area contributed by atoms with Crippen molar-refractivity contribution >= 4 is 39.1 Å². The number of rotatable bonds is 10. The number of sulfonamides is 1. The molecule has 198 valence electrons. The molecule has 2 aromatic rings. The average molecular weight is 540 g/mol. The van der Waals surface area contributed by atoms with Crippen molar-refractivity contribution in [3.05, 3.63) is 64.4 Å². The smallest absolute Gasteiger partial charge is 0.242 e. The molecule has 2 rings (SSSR count). The van der Waals surface area contributed by atoms with Crippen molar-refractivity contribution in [2.45, 2.75) is 65.6 Å². The molecule has 7 nitrogen and oxygen atoms in total. The highest BCUT2D eigenvalue weighted by molar-refractivity contribution is 7.92. The molecule has 0 bridgehead atoms. The number of amides is 2. The summed E-state index contributed by atoms with van der Waals surface area (Å²) in [7, 11) is -3.63. The average Bonchev–Trinajstić information content (AvgIpc) is 2.76. The third kappa shape index (κ3) is 8.48. The molecule has 0 aliphatic heterocycles. The van der Waals surface area contributed by atoms with Crippen LogP contribution in [0.15, 0.2) is 42.5 Å². The van der Waals surface area contributed by atoms with E-state index in [-0.39, 0.29) is 37.7 Å². The quantitative estimate of drug-likeness (QED) is 0.475. The van der Waals surface area contributed by atoms with Crippen LogP contribution in [0, 0.1) is 12.7 Å². The largest absolute Gasteiger partial charge is 0.350 e. The third-order valence-electron chi connectivity index (χ3n) is 5.59. The molecular formula is C26H35ClFN3O4S. The van der Waals surface area contributed by atoms with E-state index in [2.05, 4.69) is 5.32 Å². The van der Waals surface area contributed by atoms with Crippen LogP contribution in [-0.2, 0) is 26.2 Å². The molecule has 0 spiro atoms. The van der Waals surface area contributed by atoms with Gasteiger partial charge in [0.25, 0.3) is 0 Å². The Morgan fingerprint density at radius 2 is 1.72 bits per heavy atom. The summed E-state index contributed by atoms with van der Waals surface area (Å²) in [4.78, 5) is 27.6. The zero-order valence-electron chi connectivity index (χ0n) is 21.6. The summed E-state index contributed by atoms with van der Waals surface area (Å²) in [6.45, 7) is 9.10. The molecule has 0 radical (unpaired) electrons. The van der Waals surface area contributed by atoms with Gasteiger partial charge in [0, 0.05) is 30.1 Å². The highest BCUT2D eigenvalue weighted by Gasteiger charge is 2.29. The molecule has 0 aliphatic rings. The van der Waals surface area contributed by atoms with Gasteiger partial charge in [-0.1, -0.05) is 29.8 Å². The number of benzene rings is 2. The van der Waals surface area contributed by atoms with Crippen molar-refractivity contribution in [1.82, 2.24) is 10.2 Å². The summed E-state index contributed by atoms with van der Waals surface area (Å²) in [5, 5.41) is 3.33. The lowest BCUT2D eigenvalue weighted by molar-refractivity contribution is -0.141. The molecule has 0 aliphatic carbocycles. The summed E-state index contributed by atoms with van der Waals surface area (Å²) in [5.41, 5.74) is 1.27. The van der Waals surface area contributed by atoms with E-state index < -0.39 is 27.4 Å². The van der Waals surface area contributed by atoms with E-state index in [9.17, 15) is 22.4 Å². The second-order valence-corrected chi connectivity index (χ2v) is 12.2. The highest BCUT2D eigenvalue weighted by atomic mass is 35.5. The second kappa shape index (κ2) is 12.1. The maximum atomic E-state index is 13.4. The summed E-state index contributed by atoms with van der Waals surface area (Å²) >= 11 is 6.19. The monoisotopic (exact) mass is 539 g/mol. The van der Waals surface area contributed by atoms with Crippen molar-refractivity contribution in [2.75, 3.05) is 17.1 Å². The van der Waals surface area contributed by atoms with Crippen LogP contribution in [-0.4, -0.2) is 49.5 Å². The maximum Gasteiger partial charge on any atom is 0.242 e. The Kier molecular flexibility index (Phi) is 9.91. The van der Waals surface area contributed by atoms with Gasteiger partial charge in [0.1, 0.15) is 11.9 Å². The van der Waals surface area contributed by atoms with Crippen LogP contribution in [0.3, 0.4) is 0 Å². The number of hydrogen-bond acceptors (Lipinski definition) is 4. The standard InChI is InChI=1S/C26H35ClFN3O4S/c1-18-22(27)9-7-10-23(18)31(36(6,34)35)16-8-11-24(32)30(17-20-12-14-21(28)15-13-20)19(2)25(33)29-26(3,4)5/h7,9-10,12-15,19H,8,11,16-17H2,1-6H3,(H,29,33). The van der Waals surface area contributed by atoms with Crippen LogP contribution in [0.4, 0.5) is 10.1 Å². The molecule has 0 aromatic heterocycles. The van der Waals surface area contributed by atoms with Crippen molar-refractivity contribution < 1.29 is 22.4 Å². The normalized spacial score (nSPS) is 12.7. The van der Waals surface area contributed by atoms with Gasteiger partial charge in [-0.3, -0.25) is 13.9 Å². The first-order valence-electron chi connectivity index (χ1n) is 11.7. The number of halogens is 2. The molecule has 1 unspecified atom stereocenters. The first-order valence-corrected chi connectivity index (χ1v) is 13.9. The molecule has 0 heterocycles. The predicted octanol–water partition coefficient (Wildman–Crippen LogP) is 4.67. The van der Waals surface area contributed by atoms with Crippen molar-refractivity contribution in [2.24, 2.45) is 0 Å². The van der Waals surface area contributed by atoms with Crippen molar-refractivity contribution in [3.63, 3.8) is 0 Å². The van der Waals surface area contributed by atoms with Crippen LogP contribution >= 0.6 is 11.6 Å². The Balaban J connectivity index is 2.22. The van der Waals surface area contributed by atoms with E-state index in [1.807, 2.05) is 20.8 Å². The van der Waals surface area contributed by atoms with Gasteiger partial charge < -0.3 is 10.2 Å². The zero-order valence-corrected chi connectivity index (χ0v) is 23.2. The first-order chi connectivity index (χ1) is 16.6. The minimum Gasteiger partial charge on any atom is -0.350 e. The van der Waals surface area contributed by atoms with Crippen LogP contribution < -0.4 is 9.62 Å². The third-order valence-corrected chi connectivity index (χ3v) is 7.18. The van der Waals surface area contributed by atoms with E-state index in [1.165, 1.54) is 21.3 Å². The fourth-order valence-electron chi connectivity index (χ4n) is 3.69. The Morgan fingerprint density at radius 1 is 1.11 bits per heavy atom. The molecule has 10 heteroatoms. The predicted molar refractivity (Wildman–Crippen MR) is 142 cm³/mol. The topological polar surface area (TPSA) is 86.8 Å². The Hall–Kier alpha value is -2.65. The first kappa shape index (κ1) is 29.6. The lowest BCUT2D eigenvalue weighted by atomic mass is 10.1. The van der Waals surface area contributed by atoms with Crippen LogP contribution in [0.25, 0.3) is 0 Å². The van der Waals surface area contributed by atoms with Gasteiger partial charge in [-0.2, -0.15) is 0 Å². The van der Waals surface area contributed by atoms with Gasteiger partial charge in [0.05, 0.1) is 11.9 Å². The molecule has 36 heavy (non-hydrogen) atoms.